The summed E-state index contributed by atoms with van der Waals surface area (Å²) in [6, 6.07) is 4.87. The molecule has 1 aliphatic heterocycles. The van der Waals surface area contributed by atoms with Crippen LogP contribution in [0.5, 0.6) is 0 Å². The third-order valence-electron chi connectivity index (χ3n) is 4.03. The lowest BCUT2D eigenvalue weighted by atomic mass is 9.88. The molecule has 1 aromatic carbocycles. The Morgan fingerprint density at radius 2 is 2.14 bits per heavy atom. The van der Waals surface area contributed by atoms with E-state index in [0.29, 0.717) is 6.54 Å². The molecule has 0 aliphatic carbocycles. The second-order valence-electron chi connectivity index (χ2n) is 6.86. The number of nitrogens with one attached hydrogen (secondary N) is 1. The van der Waals surface area contributed by atoms with Gasteiger partial charge in [0.2, 0.25) is 0 Å². The van der Waals surface area contributed by atoms with Crippen LogP contribution in [0.15, 0.2) is 18.2 Å². The van der Waals surface area contributed by atoms with Gasteiger partial charge in [0.05, 0.1) is 17.3 Å². The van der Waals surface area contributed by atoms with Crippen molar-refractivity contribution in [3.63, 3.8) is 0 Å². The summed E-state index contributed by atoms with van der Waals surface area (Å²) in [5.74, 6) is -0.382. The highest BCUT2D eigenvalue weighted by molar-refractivity contribution is 6.30. The van der Waals surface area contributed by atoms with Crippen LogP contribution in [0.3, 0.4) is 0 Å². The zero-order chi connectivity index (χ0) is 15.9. The third-order valence-corrected chi connectivity index (χ3v) is 4.32. The molecule has 1 aliphatic rings. The van der Waals surface area contributed by atoms with Crippen molar-refractivity contribution in [1.29, 1.82) is 0 Å². The van der Waals surface area contributed by atoms with E-state index in [1.165, 1.54) is 17.3 Å². The van der Waals surface area contributed by atoms with Crippen LogP contribution in [-0.2, 0) is 24.9 Å². The van der Waals surface area contributed by atoms with Gasteiger partial charge in [-0.2, -0.15) is 5.10 Å². The molecule has 3 nitrogen and oxygen atoms in total. The summed E-state index contributed by atoms with van der Waals surface area (Å²) < 4.78 is 15.4. The molecule has 2 aromatic rings. The molecule has 0 fully saturated rings. The van der Waals surface area contributed by atoms with Gasteiger partial charge in [0.15, 0.2) is 0 Å². The summed E-state index contributed by atoms with van der Waals surface area (Å²) in [5, 5.41) is 8.44. The van der Waals surface area contributed by atoms with Crippen LogP contribution in [0.1, 0.15) is 43.3 Å². The van der Waals surface area contributed by atoms with Crippen LogP contribution >= 0.6 is 11.6 Å². The van der Waals surface area contributed by atoms with Gasteiger partial charge in [-0.05, 0) is 17.7 Å². The van der Waals surface area contributed by atoms with Crippen molar-refractivity contribution >= 4 is 11.6 Å². The fraction of sp³-hybridized carbons (Fsp3) is 0.471. The van der Waals surface area contributed by atoms with Crippen molar-refractivity contribution in [2.75, 3.05) is 6.54 Å². The summed E-state index contributed by atoms with van der Waals surface area (Å²) >= 11 is 5.89. The summed E-state index contributed by atoms with van der Waals surface area (Å²) in [5.41, 5.74) is 4.71. The highest BCUT2D eigenvalue weighted by atomic mass is 35.5. The molecule has 5 heteroatoms. The molecule has 1 aromatic heterocycles. The lowest BCUT2D eigenvalue weighted by molar-refractivity contribution is 0.539. The molecule has 2 heterocycles. The minimum Gasteiger partial charge on any atom is -0.312 e. The lowest BCUT2D eigenvalue weighted by Gasteiger charge is -2.20. The first kappa shape index (κ1) is 15.5. The van der Waals surface area contributed by atoms with Crippen molar-refractivity contribution in [3.8, 4) is 0 Å². The summed E-state index contributed by atoms with van der Waals surface area (Å²) in [6.45, 7) is 9.01. The summed E-state index contributed by atoms with van der Waals surface area (Å²) in [6.07, 6.45) is 0.966. The monoisotopic (exact) mass is 321 g/mol. The first-order valence-electron chi connectivity index (χ1n) is 7.60. The first-order chi connectivity index (χ1) is 10.4. The Kier molecular flexibility index (Phi) is 4.00. The van der Waals surface area contributed by atoms with Gasteiger partial charge in [-0.15, -0.1) is 0 Å². The van der Waals surface area contributed by atoms with Gasteiger partial charge >= 0.3 is 0 Å². The van der Waals surface area contributed by atoms with Gasteiger partial charge in [-0.25, -0.2) is 4.39 Å². The Morgan fingerprint density at radius 1 is 1.36 bits per heavy atom. The number of hydrogen-bond acceptors (Lipinski definition) is 2. The van der Waals surface area contributed by atoms with E-state index in [1.54, 1.807) is 12.1 Å². The van der Waals surface area contributed by atoms with Crippen LogP contribution < -0.4 is 5.32 Å². The molecule has 22 heavy (non-hydrogen) atoms. The van der Waals surface area contributed by atoms with Crippen LogP contribution in [0, 0.1) is 5.82 Å². The van der Waals surface area contributed by atoms with Crippen LogP contribution in [0.2, 0.25) is 5.02 Å². The Morgan fingerprint density at radius 3 is 2.82 bits per heavy atom. The topological polar surface area (TPSA) is 29.9 Å². The zero-order valence-corrected chi connectivity index (χ0v) is 14.0. The lowest BCUT2D eigenvalue weighted by Crippen LogP contribution is -2.26. The molecule has 0 atom stereocenters. The fourth-order valence-corrected chi connectivity index (χ4v) is 3.17. The number of halogens is 2. The third kappa shape index (κ3) is 2.90. The minimum atomic E-state index is -0.382. The van der Waals surface area contributed by atoms with Gasteiger partial charge in [-0.3, -0.25) is 4.68 Å². The van der Waals surface area contributed by atoms with Crippen LogP contribution in [0.25, 0.3) is 0 Å². The number of hydrogen-bond donors (Lipinski definition) is 1. The standard InChI is InChI=1S/C17H21ClFN3/c1-17(2,3)16-12-9-20-7-6-15(12)22(21-16)10-11-4-5-14(19)13(18)8-11/h4-5,8,20H,6-7,9-10H2,1-3H3. The number of fused-ring (bicyclic) bond motifs is 1. The van der Waals surface area contributed by atoms with E-state index in [0.717, 1.165) is 30.8 Å². The number of benzene rings is 1. The highest BCUT2D eigenvalue weighted by Gasteiger charge is 2.27. The van der Waals surface area contributed by atoms with Gasteiger partial charge in [0.25, 0.3) is 0 Å². The van der Waals surface area contributed by atoms with E-state index in [4.69, 9.17) is 16.7 Å². The SMILES string of the molecule is CC(C)(C)c1nn(Cc2ccc(F)c(Cl)c2)c2c1CNCC2. The van der Waals surface area contributed by atoms with E-state index < -0.39 is 0 Å². The van der Waals surface area contributed by atoms with Gasteiger partial charge in [0.1, 0.15) is 5.82 Å². The molecule has 0 bridgehead atoms. The molecule has 0 unspecified atom stereocenters. The maximum Gasteiger partial charge on any atom is 0.141 e. The average molecular weight is 322 g/mol. The largest absolute Gasteiger partial charge is 0.312 e. The van der Waals surface area contributed by atoms with E-state index >= 15 is 0 Å². The Labute approximate surface area is 135 Å². The first-order valence-corrected chi connectivity index (χ1v) is 7.98. The van der Waals surface area contributed by atoms with Crippen LogP contribution in [0.4, 0.5) is 4.39 Å². The average Bonchev–Trinajstić information content (AvgIpc) is 2.82. The molecule has 0 radical (unpaired) electrons. The van der Waals surface area contributed by atoms with Crippen molar-refractivity contribution in [2.24, 2.45) is 0 Å². The molecule has 0 saturated heterocycles. The minimum absolute atomic E-state index is 0.00872. The van der Waals surface area contributed by atoms with E-state index in [1.807, 2.05) is 0 Å². The Hall–Kier alpha value is -1.39. The molecule has 1 N–H and O–H groups in total. The van der Waals surface area contributed by atoms with Crippen molar-refractivity contribution < 1.29 is 4.39 Å². The predicted molar refractivity (Wildman–Crippen MR) is 86.8 cm³/mol. The number of aromatic nitrogens is 2. The molecular weight excluding hydrogens is 301 g/mol. The Bertz CT molecular complexity index is 701. The number of nitrogens with zero attached hydrogens (tertiary/aromatic N) is 2. The summed E-state index contributed by atoms with van der Waals surface area (Å²) in [4.78, 5) is 0. The predicted octanol–water partition coefficient (Wildman–Crippen LogP) is 3.67. The molecular formula is C17H21ClFN3. The normalized spacial score (nSPS) is 15.0. The molecule has 0 amide bonds. The summed E-state index contributed by atoms with van der Waals surface area (Å²) in [7, 11) is 0. The molecule has 118 valence electrons. The van der Waals surface area contributed by atoms with Crippen LogP contribution in [-0.4, -0.2) is 16.3 Å². The van der Waals surface area contributed by atoms with E-state index in [9.17, 15) is 4.39 Å². The quantitative estimate of drug-likeness (QED) is 0.914. The second-order valence-corrected chi connectivity index (χ2v) is 7.26. The van der Waals surface area contributed by atoms with Crippen molar-refractivity contribution in [1.82, 2.24) is 15.1 Å². The van der Waals surface area contributed by atoms with E-state index in [-0.39, 0.29) is 16.3 Å². The van der Waals surface area contributed by atoms with Gasteiger partial charge in [-0.1, -0.05) is 38.4 Å². The molecule has 0 spiro atoms. The van der Waals surface area contributed by atoms with Gasteiger partial charge in [0, 0.05) is 36.2 Å². The second kappa shape index (κ2) is 5.67. The molecule has 0 saturated carbocycles. The molecule has 3 rings (SSSR count). The van der Waals surface area contributed by atoms with Crippen molar-refractivity contribution in [2.45, 2.75) is 45.7 Å². The van der Waals surface area contributed by atoms with Crippen molar-refractivity contribution in [3.05, 3.63) is 51.6 Å². The Balaban J connectivity index is 2.00. The fourth-order valence-electron chi connectivity index (χ4n) is 2.96. The maximum absolute atomic E-state index is 13.3. The van der Waals surface area contributed by atoms with E-state index in [2.05, 4.69) is 30.8 Å². The zero-order valence-electron chi connectivity index (χ0n) is 13.2. The smallest absolute Gasteiger partial charge is 0.141 e. The highest BCUT2D eigenvalue weighted by Crippen LogP contribution is 2.29. The van der Waals surface area contributed by atoms with Gasteiger partial charge < -0.3 is 5.32 Å². The maximum atomic E-state index is 13.3. The number of rotatable bonds is 2.